The number of thioether (sulfide) groups is 1. The van der Waals surface area contributed by atoms with Crippen molar-refractivity contribution in [2.75, 3.05) is 34.9 Å². The summed E-state index contributed by atoms with van der Waals surface area (Å²) in [7, 11) is 6.34. The van der Waals surface area contributed by atoms with Crippen molar-refractivity contribution in [3.63, 3.8) is 0 Å². The van der Waals surface area contributed by atoms with Gasteiger partial charge in [-0.2, -0.15) is 0 Å². The summed E-state index contributed by atoms with van der Waals surface area (Å²) in [6.45, 7) is 0.431. The molecule has 0 aromatic heterocycles. The maximum Gasteiger partial charge on any atom is 0.242 e. The van der Waals surface area contributed by atoms with E-state index in [9.17, 15) is 9.59 Å². The number of carbonyl (C=O) groups excluding carboxylic acids is 2. The van der Waals surface area contributed by atoms with Crippen molar-refractivity contribution >= 4 is 34.4 Å². The molecule has 0 spiro atoms. The summed E-state index contributed by atoms with van der Waals surface area (Å²) in [5.74, 6) is 1.72. The largest absolute Gasteiger partial charge is 0.497 e. The lowest BCUT2D eigenvalue weighted by Crippen LogP contribution is -2.35. The second kappa shape index (κ2) is 10.9. The Morgan fingerprint density at radius 3 is 2.41 bits per heavy atom. The van der Waals surface area contributed by atoms with E-state index < -0.39 is 5.25 Å². The summed E-state index contributed by atoms with van der Waals surface area (Å²) in [5, 5.41) is 2.66. The van der Waals surface area contributed by atoms with Gasteiger partial charge in [0.1, 0.15) is 11.0 Å². The number of nitrogens with one attached hydrogen (secondary N) is 1. The Kier molecular flexibility index (Phi) is 7.99. The lowest BCUT2D eigenvalue weighted by atomic mass is 10.1. The molecule has 0 aliphatic carbocycles. The third kappa shape index (κ3) is 5.53. The van der Waals surface area contributed by atoms with E-state index in [4.69, 9.17) is 14.2 Å². The summed E-state index contributed by atoms with van der Waals surface area (Å²) < 4.78 is 15.9. The number of amidine groups is 1. The topological polar surface area (TPSA) is 89.5 Å². The van der Waals surface area contributed by atoms with Crippen LogP contribution in [0.5, 0.6) is 17.2 Å². The normalized spacial score (nSPS) is 16.9. The maximum absolute atomic E-state index is 13.1. The van der Waals surface area contributed by atoms with Gasteiger partial charge >= 0.3 is 0 Å². The van der Waals surface area contributed by atoms with Gasteiger partial charge in [-0.05, 0) is 48.4 Å². The number of methoxy groups -OCH3 is 3. The Labute approximate surface area is 191 Å². The van der Waals surface area contributed by atoms with Gasteiger partial charge in [-0.1, -0.05) is 17.8 Å². The molecule has 1 atom stereocenters. The molecular weight excluding hydrogens is 430 g/mol. The molecule has 1 unspecified atom stereocenters. The summed E-state index contributed by atoms with van der Waals surface area (Å²) in [6.07, 6.45) is 0.704. The van der Waals surface area contributed by atoms with Crippen molar-refractivity contribution in [1.29, 1.82) is 0 Å². The van der Waals surface area contributed by atoms with E-state index >= 15 is 0 Å². The van der Waals surface area contributed by atoms with E-state index in [-0.39, 0.29) is 18.2 Å². The molecule has 0 bridgehead atoms. The van der Waals surface area contributed by atoms with Crippen molar-refractivity contribution in [2.45, 2.75) is 18.1 Å². The molecule has 1 aliphatic heterocycles. The molecule has 170 valence electrons. The molecule has 3 rings (SSSR count). The molecule has 2 aromatic rings. The Bertz CT molecular complexity index is 994. The van der Waals surface area contributed by atoms with Crippen molar-refractivity contribution in [2.24, 2.45) is 4.99 Å². The predicted octanol–water partition coefficient (Wildman–Crippen LogP) is 3.02. The number of hydrogen-bond acceptors (Lipinski definition) is 7. The third-order valence-corrected chi connectivity index (χ3v) is 6.21. The zero-order valence-electron chi connectivity index (χ0n) is 18.6. The van der Waals surface area contributed by atoms with Gasteiger partial charge in [-0.3, -0.25) is 14.5 Å². The quantitative estimate of drug-likeness (QED) is 0.623. The van der Waals surface area contributed by atoms with Gasteiger partial charge in [-0.15, -0.1) is 0 Å². The van der Waals surface area contributed by atoms with Crippen LogP contribution in [0, 0.1) is 0 Å². The van der Waals surface area contributed by atoms with Crippen molar-refractivity contribution in [3.05, 3.63) is 48.0 Å². The average molecular weight is 458 g/mol. The van der Waals surface area contributed by atoms with E-state index in [1.54, 1.807) is 33.3 Å². The van der Waals surface area contributed by atoms with Crippen LogP contribution in [0.4, 0.5) is 5.69 Å². The van der Waals surface area contributed by atoms with E-state index in [0.717, 1.165) is 11.3 Å². The van der Waals surface area contributed by atoms with Crippen molar-refractivity contribution in [3.8, 4) is 17.2 Å². The minimum atomic E-state index is -0.502. The molecule has 32 heavy (non-hydrogen) atoms. The zero-order valence-corrected chi connectivity index (χ0v) is 19.4. The average Bonchev–Trinajstić information content (AvgIpc) is 3.11. The van der Waals surface area contributed by atoms with Gasteiger partial charge in [0.25, 0.3) is 0 Å². The molecule has 1 saturated heterocycles. The monoisotopic (exact) mass is 457 g/mol. The van der Waals surface area contributed by atoms with Crippen LogP contribution in [-0.2, 0) is 16.0 Å². The fraction of sp³-hybridized carbons (Fsp3) is 0.348. The van der Waals surface area contributed by atoms with Gasteiger partial charge in [-0.25, -0.2) is 4.99 Å². The molecular formula is C23H27N3O5S. The smallest absolute Gasteiger partial charge is 0.242 e. The highest BCUT2D eigenvalue weighted by molar-refractivity contribution is 8.15. The third-order valence-electron chi connectivity index (χ3n) is 5.04. The van der Waals surface area contributed by atoms with Crippen LogP contribution in [0.25, 0.3) is 0 Å². The highest BCUT2D eigenvalue weighted by atomic mass is 32.2. The fourth-order valence-corrected chi connectivity index (χ4v) is 4.43. The van der Waals surface area contributed by atoms with Crippen LogP contribution in [0.15, 0.2) is 47.5 Å². The van der Waals surface area contributed by atoms with Crippen LogP contribution < -0.4 is 19.5 Å². The number of aliphatic imine (C=N–C) groups is 1. The first-order valence-electron chi connectivity index (χ1n) is 10.1. The number of rotatable bonds is 9. The summed E-state index contributed by atoms with van der Waals surface area (Å²) in [4.78, 5) is 31.3. The molecule has 2 aromatic carbocycles. The van der Waals surface area contributed by atoms with E-state index in [0.29, 0.717) is 35.3 Å². The minimum absolute atomic E-state index is 0.106. The Hall–Kier alpha value is -3.20. The van der Waals surface area contributed by atoms with Gasteiger partial charge in [0.15, 0.2) is 16.7 Å². The first-order chi connectivity index (χ1) is 15.5. The number of benzene rings is 2. The summed E-state index contributed by atoms with van der Waals surface area (Å²) >= 11 is 1.31. The molecule has 1 heterocycles. The number of hydrogen-bond donors (Lipinski definition) is 1. The van der Waals surface area contributed by atoms with Crippen LogP contribution in [-0.4, -0.2) is 62.1 Å². The molecule has 1 aliphatic rings. The zero-order chi connectivity index (χ0) is 23.1. The van der Waals surface area contributed by atoms with Crippen LogP contribution >= 0.6 is 11.8 Å². The minimum Gasteiger partial charge on any atom is -0.497 e. The van der Waals surface area contributed by atoms with Crippen LogP contribution in [0.1, 0.15) is 12.0 Å². The maximum atomic E-state index is 13.1. The molecule has 9 heteroatoms. The van der Waals surface area contributed by atoms with E-state index in [1.165, 1.54) is 11.8 Å². The van der Waals surface area contributed by atoms with Crippen LogP contribution in [0.2, 0.25) is 0 Å². The second-order valence-electron chi connectivity index (χ2n) is 7.01. The highest BCUT2D eigenvalue weighted by Crippen LogP contribution is 2.33. The molecule has 8 nitrogen and oxygen atoms in total. The standard InChI is InChI=1S/C23H27N3O5S/c1-24-21(27)14-20-22(28)26(12-11-15-5-10-18(30-3)19(13-15)31-4)23(32-20)25-16-6-8-17(29-2)9-7-16/h5-10,13,20H,11-12,14H2,1-4H3,(H,24,27). The predicted molar refractivity (Wildman–Crippen MR) is 125 cm³/mol. The number of nitrogens with zero attached hydrogens (tertiary/aromatic N) is 2. The fourth-order valence-electron chi connectivity index (χ4n) is 3.25. The van der Waals surface area contributed by atoms with Gasteiger partial charge in [0.2, 0.25) is 11.8 Å². The first-order valence-corrected chi connectivity index (χ1v) is 11.0. The lowest BCUT2D eigenvalue weighted by molar-refractivity contribution is -0.129. The Morgan fingerprint density at radius 2 is 1.78 bits per heavy atom. The van der Waals surface area contributed by atoms with Crippen molar-refractivity contribution < 1.29 is 23.8 Å². The molecule has 2 amide bonds. The van der Waals surface area contributed by atoms with E-state index in [1.807, 2.05) is 42.5 Å². The lowest BCUT2D eigenvalue weighted by Gasteiger charge is -2.17. The molecule has 0 radical (unpaired) electrons. The van der Waals surface area contributed by atoms with Crippen molar-refractivity contribution in [1.82, 2.24) is 10.2 Å². The van der Waals surface area contributed by atoms with Gasteiger partial charge in [0, 0.05) is 20.0 Å². The van der Waals surface area contributed by atoms with E-state index in [2.05, 4.69) is 10.3 Å². The second-order valence-corrected chi connectivity index (χ2v) is 8.18. The SMILES string of the molecule is CNC(=O)CC1SC(=Nc2ccc(OC)cc2)N(CCc2ccc(OC)c(OC)c2)C1=O. The van der Waals surface area contributed by atoms with Crippen LogP contribution in [0.3, 0.4) is 0 Å². The molecule has 1 N–H and O–H groups in total. The molecule has 1 fully saturated rings. The van der Waals surface area contributed by atoms with Gasteiger partial charge < -0.3 is 19.5 Å². The van der Waals surface area contributed by atoms with Gasteiger partial charge in [0.05, 0.1) is 27.0 Å². The Morgan fingerprint density at radius 1 is 1.06 bits per heavy atom. The number of amides is 2. The number of carbonyl (C=O) groups is 2. The summed E-state index contributed by atoms with van der Waals surface area (Å²) in [5.41, 5.74) is 1.71. The summed E-state index contributed by atoms with van der Waals surface area (Å²) in [6, 6.07) is 13.0. The molecule has 0 saturated carbocycles. The number of ether oxygens (including phenoxy) is 3. The first kappa shape index (κ1) is 23.5. The Balaban J connectivity index is 1.82. The highest BCUT2D eigenvalue weighted by Gasteiger charge is 2.38.